The second-order valence-corrected chi connectivity index (χ2v) is 8.74. The lowest BCUT2D eigenvalue weighted by Gasteiger charge is -2.44. The maximum absolute atomic E-state index is 13.9. The first-order chi connectivity index (χ1) is 13.3. The molecule has 0 bridgehead atoms. The molecule has 1 spiro atoms. The number of hydrogen-bond acceptors (Lipinski definition) is 2. The van der Waals surface area contributed by atoms with Crippen molar-refractivity contribution in [2.24, 2.45) is 0 Å². The quantitative estimate of drug-likeness (QED) is 0.571. The number of halogens is 4. The summed E-state index contributed by atoms with van der Waals surface area (Å²) in [5.41, 5.74) is 0.306. The number of anilines is 1. The van der Waals surface area contributed by atoms with E-state index in [1.54, 1.807) is 30.3 Å². The molecule has 4 rings (SSSR count). The smallest absolute Gasteiger partial charge is 0.329 e. The third-order valence-electron chi connectivity index (χ3n) is 5.92. The van der Waals surface area contributed by atoms with Crippen molar-refractivity contribution in [3.05, 3.63) is 68.7 Å². The summed E-state index contributed by atoms with van der Waals surface area (Å²) >= 11 is 9.59. The van der Waals surface area contributed by atoms with Crippen LogP contribution in [0.2, 0.25) is 5.02 Å². The van der Waals surface area contributed by atoms with Gasteiger partial charge in [0, 0.05) is 20.6 Å². The van der Waals surface area contributed by atoms with E-state index in [0.29, 0.717) is 47.5 Å². The number of carbonyl (C=O) groups is 1. The lowest BCUT2D eigenvalue weighted by molar-refractivity contribution is -0.143. The van der Waals surface area contributed by atoms with Gasteiger partial charge in [-0.3, -0.25) is 0 Å². The average molecular weight is 469 g/mol. The highest BCUT2D eigenvalue weighted by molar-refractivity contribution is 9.11. The van der Waals surface area contributed by atoms with Crippen molar-refractivity contribution in [2.75, 3.05) is 5.32 Å². The van der Waals surface area contributed by atoms with Crippen LogP contribution in [0.25, 0.3) is 6.08 Å². The van der Waals surface area contributed by atoms with Crippen LogP contribution in [0.4, 0.5) is 14.5 Å². The minimum atomic E-state index is -1.15. The minimum absolute atomic E-state index is 0.330. The fourth-order valence-electron chi connectivity index (χ4n) is 4.35. The summed E-state index contributed by atoms with van der Waals surface area (Å²) in [6, 6.07) is 9.39. The summed E-state index contributed by atoms with van der Waals surface area (Å²) < 4.78 is 28.4. The van der Waals surface area contributed by atoms with Gasteiger partial charge in [0.25, 0.3) is 0 Å². The van der Waals surface area contributed by atoms with E-state index in [1.165, 1.54) is 12.1 Å². The van der Waals surface area contributed by atoms with E-state index in [1.807, 2.05) is 0 Å². The standard InChI is InChI=1S/C21H17BrClF2NO2/c22-18-9-12-8-16(24)17(25)11-15(12)20(18)4-6-21(7-5-20,19(27)28)26-14-3-1-2-13(23)10-14/h1-3,8-11,26H,4-7H2,(H,27,28). The van der Waals surface area contributed by atoms with Crippen LogP contribution >= 0.6 is 27.5 Å². The maximum atomic E-state index is 13.9. The summed E-state index contributed by atoms with van der Waals surface area (Å²) in [7, 11) is 0. The molecule has 2 aliphatic rings. The van der Waals surface area contributed by atoms with Crippen molar-refractivity contribution in [3.63, 3.8) is 0 Å². The highest BCUT2D eigenvalue weighted by atomic mass is 79.9. The molecule has 1 saturated carbocycles. The molecule has 0 unspecified atom stereocenters. The Hall–Kier alpha value is -1.92. The Balaban J connectivity index is 1.65. The van der Waals surface area contributed by atoms with Crippen LogP contribution in [0.3, 0.4) is 0 Å². The van der Waals surface area contributed by atoms with Gasteiger partial charge in [-0.1, -0.05) is 33.6 Å². The van der Waals surface area contributed by atoms with E-state index in [2.05, 4.69) is 21.2 Å². The summed E-state index contributed by atoms with van der Waals surface area (Å²) in [6.45, 7) is 0. The van der Waals surface area contributed by atoms with Crippen molar-refractivity contribution < 1.29 is 18.7 Å². The molecular weight excluding hydrogens is 452 g/mol. The lowest BCUT2D eigenvalue weighted by Crippen LogP contribution is -2.52. The molecule has 28 heavy (non-hydrogen) atoms. The van der Waals surface area contributed by atoms with Crippen LogP contribution in [0.1, 0.15) is 36.8 Å². The van der Waals surface area contributed by atoms with Crippen LogP contribution in [-0.4, -0.2) is 16.6 Å². The molecule has 0 heterocycles. The van der Waals surface area contributed by atoms with E-state index < -0.39 is 28.6 Å². The molecular formula is C21H17BrClF2NO2. The highest BCUT2D eigenvalue weighted by Crippen LogP contribution is 2.55. The molecule has 0 aromatic heterocycles. The van der Waals surface area contributed by atoms with Gasteiger partial charge in [0.1, 0.15) is 5.54 Å². The summed E-state index contributed by atoms with van der Waals surface area (Å²) in [4.78, 5) is 12.2. The first kappa shape index (κ1) is 19.4. The molecule has 0 saturated heterocycles. The van der Waals surface area contributed by atoms with E-state index in [9.17, 15) is 18.7 Å². The summed E-state index contributed by atoms with van der Waals surface area (Å²) in [5.74, 6) is -2.71. The third kappa shape index (κ3) is 3.03. The maximum Gasteiger partial charge on any atom is 0.329 e. The molecule has 0 amide bonds. The van der Waals surface area contributed by atoms with Crippen LogP contribution in [-0.2, 0) is 10.2 Å². The second-order valence-electron chi connectivity index (χ2n) is 7.45. The van der Waals surface area contributed by atoms with Crippen molar-refractivity contribution in [2.45, 2.75) is 36.6 Å². The van der Waals surface area contributed by atoms with Crippen molar-refractivity contribution in [1.29, 1.82) is 0 Å². The first-order valence-electron chi connectivity index (χ1n) is 8.90. The molecule has 2 aliphatic carbocycles. The Morgan fingerprint density at radius 3 is 2.43 bits per heavy atom. The molecule has 2 aromatic rings. The number of carboxylic acids is 1. The average Bonchev–Trinajstić information content (AvgIpc) is 2.89. The number of allylic oxidation sites excluding steroid dienone is 1. The number of aliphatic carboxylic acids is 1. The zero-order chi connectivity index (χ0) is 20.1. The molecule has 0 aliphatic heterocycles. The zero-order valence-corrected chi connectivity index (χ0v) is 17.1. The Kier molecular flexibility index (Phi) is 4.74. The first-order valence-corrected chi connectivity index (χ1v) is 10.1. The zero-order valence-electron chi connectivity index (χ0n) is 14.7. The lowest BCUT2D eigenvalue weighted by atomic mass is 9.65. The molecule has 0 radical (unpaired) electrons. The van der Waals surface area contributed by atoms with Gasteiger partial charge in [0.2, 0.25) is 0 Å². The molecule has 0 atom stereocenters. The second kappa shape index (κ2) is 6.85. The third-order valence-corrected chi connectivity index (χ3v) is 7.15. The van der Waals surface area contributed by atoms with Crippen LogP contribution in [0.15, 0.2) is 40.9 Å². The largest absolute Gasteiger partial charge is 0.480 e. The summed E-state index contributed by atoms with van der Waals surface area (Å²) in [5, 5.41) is 13.6. The number of hydrogen-bond donors (Lipinski definition) is 2. The molecule has 2 N–H and O–H groups in total. The number of nitrogens with one attached hydrogen (secondary N) is 1. The fraction of sp³-hybridized carbons (Fsp3) is 0.286. The minimum Gasteiger partial charge on any atom is -0.480 e. The van der Waals surface area contributed by atoms with Gasteiger partial charge in [-0.25, -0.2) is 13.6 Å². The number of carboxylic acid groups (broad SMARTS) is 1. The molecule has 7 heteroatoms. The monoisotopic (exact) mass is 467 g/mol. The predicted octanol–water partition coefficient (Wildman–Crippen LogP) is 6.11. The summed E-state index contributed by atoms with van der Waals surface area (Å²) in [6.07, 6.45) is 3.44. The van der Waals surface area contributed by atoms with Gasteiger partial charge in [-0.05, 0) is 73.2 Å². The Morgan fingerprint density at radius 1 is 1.11 bits per heavy atom. The predicted molar refractivity (Wildman–Crippen MR) is 109 cm³/mol. The van der Waals surface area contributed by atoms with Gasteiger partial charge >= 0.3 is 5.97 Å². The van der Waals surface area contributed by atoms with Crippen LogP contribution in [0.5, 0.6) is 0 Å². The van der Waals surface area contributed by atoms with Crippen LogP contribution in [0, 0.1) is 11.6 Å². The number of rotatable bonds is 3. The Bertz CT molecular complexity index is 1000. The topological polar surface area (TPSA) is 49.3 Å². The van der Waals surface area contributed by atoms with Crippen molar-refractivity contribution in [1.82, 2.24) is 0 Å². The molecule has 2 aromatic carbocycles. The van der Waals surface area contributed by atoms with Crippen molar-refractivity contribution in [3.8, 4) is 0 Å². The molecule has 146 valence electrons. The van der Waals surface area contributed by atoms with E-state index in [4.69, 9.17) is 11.6 Å². The van der Waals surface area contributed by atoms with Gasteiger partial charge in [-0.15, -0.1) is 0 Å². The van der Waals surface area contributed by atoms with E-state index in [-0.39, 0.29) is 0 Å². The molecule has 3 nitrogen and oxygen atoms in total. The fourth-order valence-corrected chi connectivity index (χ4v) is 5.39. The number of benzene rings is 2. The highest BCUT2D eigenvalue weighted by Gasteiger charge is 2.51. The normalized spacial score (nSPS) is 26.1. The SMILES string of the molecule is O=C(O)C1(Nc2cccc(Cl)c2)CCC2(CC1)C(Br)=Cc1cc(F)c(F)cc12. The van der Waals surface area contributed by atoms with Gasteiger partial charge in [-0.2, -0.15) is 0 Å². The van der Waals surface area contributed by atoms with E-state index >= 15 is 0 Å². The molecule has 1 fully saturated rings. The van der Waals surface area contributed by atoms with Gasteiger partial charge in [0.15, 0.2) is 11.6 Å². The Labute approximate surface area is 174 Å². The van der Waals surface area contributed by atoms with Gasteiger partial charge in [0.05, 0.1) is 0 Å². The van der Waals surface area contributed by atoms with E-state index in [0.717, 1.165) is 4.48 Å². The number of fused-ring (bicyclic) bond motifs is 2. The Morgan fingerprint density at radius 2 is 1.79 bits per heavy atom. The van der Waals surface area contributed by atoms with Crippen molar-refractivity contribution >= 4 is 45.3 Å². The van der Waals surface area contributed by atoms with Gasteiger partial charge < -0.3 is 10.4 Å². The van der Waals surface area contributed by atoms with Crippen LogP contribution < -0.4 is 5.32 Å².